The molecule has 0 rings (SSSR count). The van der Waals surface area contributed by atoms with Crippen molar-refractivity contribution in [2.45, 2.75) is 96.1 Å². The van der Waals surface area contributed by atoms with Gasteiger partial charge in [0, 0.05) is 17.8 Å². The van der Waals surface area contributed by atoms with Crippen molar-refractivity contribution in [3.8, 4) is 11.8 Å². The molecule has 5 heteroatoms. The smallest absolute Gasteiger partial charge is 0.297 e. The topological polar surface area (TPSA) is 80.4 Å². The van der Waals surface area contributed by atoms with E-state index in [2.05, 4.69) is 18.8 Å². The van der Waals surface area contributed by atoms with Crippen LogP contribution in [-0.4, -0.2) is 28.5 Å². The first-order valence-corrected chi connectivity index (χ1v) is 8.87. The van der Waals surface area contributed by atoms with E-state index in [0.29, 0.717) is 19.3 Å². The normalized spacial score (nSPS) is 13.0. The summed E-state index contributed by atoms with van der Waals surface area (Å²) in [7, 11) is 0. The lowest BCUT2D eigenvalue weighted by Crippen LogP contribution is -2.32. The van der Waals surface area contributed by atoms with Crippen molar-refractivity contribution in [3.63, 3.8) is 0 Å². The van der Waals surface area contributed by atoms with Gasteiger partial charge in [-0.05, 0) is 25.2 Å². The zero-order valence-electron chi connectivity index (χ0n) is 14.3. The van der Waals surface area contributed by atoms with Gasteiger partial charge in [-0.15, -0.1) is 0 Å². The largest absolute Gasteiger partial charge is 0.385 e. The van der Waals surface area contributed by atoms with Crippen molar-refractivity contribution < 1.29 is 14.8 Å². The predicted octanol–water partition coefficient (Wildman–Crippen LogP) is 3.90. The number of aldehydes is 1. The third-order valence-corrected chi connectivity index (χ3v) is 3.82. The first-order chi connectivity index (χ1) is 11.1. The number of hydrogen-bond donors (Lipinski definition) is 1. The van der Waals surface area contributed by atoms with Crippen LogP contribution in [0.25, 0.3) is 0 Å². The Bertz CT molecular complexity index is 373. The average molecular weight is 325 g/mol. The van der Waals surface area contributed by atoms with Crippen molar-refractivity contribution in [1.82, 2.24) is 0 Å². The van der Waals surface area contributed by atoms with E-state index >= 15 is 0 Å². The van der Waals surface area contributed by atoms with Gasteiger partial charge in [-0.3, -0.25) is 10.1 Å². The minimum Gasteiger partial charge on any atom is -0.385 e. The molecule has 0 saturated carbocycles. The number of nitrogens with zero attached hydrogens (tertiary/aromatic N) is 1. The van der Waals surface area contributed by atoms with Crippen LogP contribution >= 0.6 is 0 Å². The number of carbonyl (C=O) groups is 1. The Morgan fingerprint density at radius 2 is 1.74 bits per heavy atom. The number of hydrogen-bond acceptors (Lipinski definition) is 4. The summed E-state index contributed by atoms with van der Waals surface area (Å²) in [4.78, 5) is 20.7. The van der Waals surface area contributed by atoms with Crippen molar-refractivity contribution in [3.05, 3.63) is 10.1 Å². The second-order valence-corrected chi connectivity index (χ2v) is 5.94. The molecule has 0 aromatic rings. The molecule has 0 heterocycles. The van der Waals surface area contributed by atoms with E-state index in [0.717, 1.165) is 64.1 Å². The fourth-order valence-electron chi connectivity index (χ4n) is 2.38. The second kappa shape index (κ2) is 15.5. The minimum atomic E-state index is -1.16. The van der Waals surface area contributed by atoms with Gasteiger partial charge in [0.1, 0.15) is 12.4 Å². The predicted molar refractivity (Wildman–Crippen MR) is 91.7 cm³/mol. The Morgan fingerprint density at radius 3 is 2.39 bits per heavy atom. The van der Waals surface area contributed by atoms with Gasteiger partial charge in [-0.25, -0.2) is 0 Å². The monoisotopic (exact) mass is 325 g/mol. The molecule has 0 bridgehead atoms. The summed E-state index contributed by atoms with van der Waals surface area (Å²) in [6.45, 7) is 2.10. The lowest BCUT2D eigenvalue weighted by Gasteiger charge is -2.11. The van der Waals surface area contributed by atoms with E-state index in [1.807, 2.05) is 0 Å². The fourth-order valence-corrected chi connectivity index (χ4v) is 2.38. The molecular weight excluding hydrogens is 294 g/mol. The van der Waals surface area contributed by atoms with Gasteiger partial charge in [0.05, 0.1) is 0 Å². The van der Waals surface area contributed by atoms with Gasteiger partial charge in [0.25, 0.3) is 6.04 Å². The Kier molecular flexibility index (Phi) is 14.5. The summed E-state index contributed by atoms with van der Waals surface area (Å²) in [6.07, 6.45) is 10.6. The van der Waals surface area contributed by atoms with E-state index < -0.39 is 17.1 Å². The van der Waals surface area contributed by atoms with Crippen molar-refractivity contribution in [1.29, 1.82) is 0 Å². The average Bonchev–Trinajstić information content (AvgIpc) is 2.53. The number of rotatable bonds is 14. The zero-order valence-corrected chi connectivity index (χ0v) is 14.3. The maximum atomic E-state index is 11.0. The lowest BCUT2D eigenvalue weighted by molar-refractivity contribution is -0.518. The molecule has 2 atom stereocenters. The Labute approximate surface area is 140 Å². The van der Waals surface area contributed by atoms with E-state index in [1.54, 1.807) is 0 Å². The Hall–Kier alpha value is -1.41. The van der Waals surface area contributed by atoms with Gasteiger partial charge >= 0.3 is 0 Å². The second-order valence-electron chi connectivity index (χ2n) is 5.94. The van der Waals surface area contributed by atoms with Gasteiger partial charge in [-0.1, -0.05) is 57.8 Å². The Balaban J connectivity index is 3.94. The van der Waals surface area contributed by atoms with Crippen LogP contribution in [0.3, 0.4) is 0 Å². The molecule has 0 aliphatic rings. The molecule has 0 saturated heterocycles. The Morgan fingerprint density at radius 1 is 1.09 bits per heavy atom. The van der Waals surface area contributed by atoms with E-state index in [9.17, 15) is 20.0 Å². The molecule has 0 aromatic carbocycles. The highest BCUT2D eigenvalue weighted by Crippen LogP contribution is 2.10. The van der Waals surface area contributed by atoms with Gasteiger partial charge in [0.15, 0.2) is 0 Å². The summed E-state index contributed by atoms with van der Waals surface area (Å²) in [5.74, 6) is 5.47. The van der Waals surface area contributed by atoms with Crippen LogP contribution in [0.4, 0.5) is 0 Å². The molecule has 0 fully saturated rings. The first-order valence-electron chi connectivity index (χ1n) is 8.87. The van der Waals surface area contributed by atoms with Gasteiger partial charge in [-0.2, -0.15) is 0 Å². The van der Waals surface area contributed by atoms with Crippen LogP contribution in [0.5, 0.6) is 0 Å². The highest BCUT2D eigenvalue weighted by molar-refractivity contribution is 5.48. The maximum absolute atomic E-state index is 11.0. The zero-order chi connectivity index (χ0) is 17.3. The minimum absolute atomic E-state index is 0.442. The highest BCUT2D eigenvalue weighted by atomic mass is 16.6. The lowest BCUT2D eigenvalue weighted by atomic mass is 10.0. The molecule has 2 unspecified atom stereocenters. The molecule has 0 radical (unpaired) electrons. The molecular formula is C18H31NO4. The van der Waals surface area contributed by atoms with Crippen LogP contribution in [0.2, 0.25) is 0 Å². The highest BCUT2D eigenvalue weighted by Gasteiger charge is 2.26. The molecule has 23 heavy (non-hydrogen) atoms. The van der Waals surface area contributed by atoms with E-state index in [4.69, 9.17) is 0 Å². The third-order valence-electron chi connectivity index (χ3n) is 3.82. The molecule has 0 spiro atoms. The fraction of sp³-hybridized carbons (Fsp3) is 0.833. The van der Waals surface area contributed by atoms with Crippen LogP contribution < -0.4 is 0 Å². The van der Waals surface area contributed by atoms with Crippen molar-refractivity contribution in [2.75, 3.05) is 0 Å². The summed E-state index contributed by atoms with van der Waals surface area (Å²) >= 11 is 0. The number of aliphatic hydroxyl groups excluding tert-OH is 1. The number of carbonyl (C=O) groups excluding carboxylic acids is 1. The molecule has 0 amide bonds. The number of unbranched alkanes of at least 4 members (excludes halogenated alkanes) is 9. The van der Waals surface area contributed by atoms with Crippen molar-refractivity contribution >= 4 is 6.29 Å². The third kappa shape index (κ3) is 12.8. The standard InChI is InChI=1S/C18H31NO4/c1-2-3-4-12-15-18(21)17(19(22)23)14-11-9-7-5-6-8-10-13-16-20/h16-18,21H,2-10,12-13,15H2,1H3. The van der Waals surface area contributed by atoms with Crippen LogP contribution in [0.15, 0.2) is 0 Å². The van der Waals surface area contributed by atoms with Gasteiger partial charge < -0.3 is 9.90 Å². The van der Waals surface area contributed by atoms with Gasteiger partial charge in [0.2, 0.25) is 0 Å². The molecule has 0 aromatic heterocycles. The molecule has 0 aliphatic carbocycles. The van der Waals surface area contributed by atoms with E-state index in [1.165, 1.54) is 0 Å². The molecule has 1 N–H and O–H groups in total. The molecule has 132 valence electrons. The quantitative estimate of drug-likeness (QED) is 0.173. The van der Waals surface area contributed by atoms with Crippen LogP contribution in [0.1, 0.15) is 84.0 Å². The summed E-state index contributed by atoms with van der Waals surface area (Å²) in [5.41, 5.74) is 0. The number of nitro groups is 1. The molecule has 0 aliphatic heterocycles. The number of aliphatic hydroxyl groups is 1. The summed E-state index contributed by atoms with van der Waals surface area (Å²) in [6, 6.07) is -1.16. The van der Waals surface area contributed by atoms with Crippen LogP contribution in [0, 0.1) is 22.0 Å². The molecule has 5 nitrogen and oxygen atoms in total. The first kappa shape index (κ1) is 21.6. The SMILES string of the molecule is CCCCCCC(O)C(C#CCCCCCCCC=O)[N+](=O)[O-]. The summed E-state index contributed by atoms with van der Waals surface area (Å²) < 4.78 is 0. The van der Waals surface area contributed by atoms with E-state index in [-0.39, 0.29) is 0 Å². The maximum Gasteiger partial charge on any atom is 0.297 e. The van der Waals surface area contributed by atoms with Crippen LogP contribution in [-0.2, 0) is 4.79 Å². The van der Waals surface area contributed by atoms with Crippen molar-refractivity contribution in [2.24, 2.45) is 0 Å². The summed E-state index contributed by atoms with van der Waals surface area (Å²) in [5, 5.41) is 20.9.